The van der Waals surface area contributed by atoms with E-state index in [9.17, 15) is 4.79 Å². The second-order valence-corrected chi connectivity index (χ2v) is 7.87. The Kier molecular flexibility index (Phi) is 6.23. The summed E-state index contributed by atoms with van der Waals surface area (Å²) in [5, 5.41) is 8.42. The lowest BCUT2D eigenvalue weighted by Crippen LogP contribution is -2.38. The van der Waals surface area contributed by atoms with Gasteiger partial charge in [-0.25, -0.2) is 4.68 Å². The largest absolute Gasteiger partial charge is 0.463 e. The third-order valence-electron chi connectivity index (χ3n) is 5.03. The van der Waals surface area contributed by atoms with E-state index in [1.807, 2.05) is 0 Å². The molecule has 1 aliphatic heterocycles. The molecule has 0 atom stereocenters. The van der Waals surface area contributed by atoms with E-state index in [4.69, 9.17) is 27.6 Å². The van der Waals surface area contributed by atoms with Crippen molar-refractivity contribution >= 4 is 29.1 Å². The number of furan rings is 1. The summed E-state index contributed by atoms with van der Waals surface area (Å²) in [7, 11) is 0. The molecule has 1 fully saturated rings. The van der Waals surface area contributed by atoms with E-state index < -0.39 is 0 Å². The van der Waals surface area contributed by atoms with Crippen LogP contribution in [0.4, 0.5) is 0 Å². The molecule has 0 spiro atoms. The molecule has 8 heteroatoms. The molecule has 1 amide bonds. The highest BCUT2D eigenvalue weighted by molar-refractivity contribution is 6.42. The summed E-state index contributed by atoms with van der Waals surface area (Å²) in [6.07, 6.45) is 5.32. The molecule has 6 nitrogen and oxygen atoms in total. The Bertz CT molecular complexity index is 979. The highest BCUT2D eigenvalue weighted by Gasteiger charge is 2.19. The summed E-state index contributed by atoms with van der Waals surface area (Å²) in [6, 6.07) is 10.5. The van der Waals surface area contributed by atoms with Crippen molar-refractivity contribution in [2.45, 2.75) is 19.3 Å². The van der Waals surface area contributed by atoms with Gasteiger partial charge in [-0.2, -0.15) is 5.10 Å². The van der Waals surface area contributed by atoms with E-state index in [0.717, 1.165) is 19.6 Å². The molecule has 1 saturated heterocycles. The third kappa shape index (κ3) is 4.66. The number of likely N-dealkylation sites (tertiary alicyclic amines) is 1. The third-order valence-corrected chi connectivity index (χ3v) is 5.76. The number of carbonyl (C=O) groups excluding carboxylic acids is 1. The fourth-order valence-electron chi connectivity index (χ4n) is 3.50. The zero-order valence-electron chi connectivity index (χ0n) is 15.9. The van der Waals surface area contributed by atoms with E-state index >= 15 is 0 Å². The Hall–Kier alpha value is -2.28. The first kappa shape index (κ1) is 20.0. The van der Waals surface area contributed by atoms with Gasteiger partial charge in [0, 0.05) is 19.2 Å². The number of hydrogen-bond acceptors (Lipinski definition) is 4. The number of carbonyl (C=O) groups is 1. The molecule has 29 heavy (non-hydrogen) atoms. The van der Waals surface area contributed by atoms with E-state index in [0.29, 0.717) is 39.4 Å². The quantitative estimate of drug-likeness (QED) is 0.615. The van der Waals surface area contributed by atoms with Crippen LogP contribution in [-0.2, 0) is 0 Å². The highest BCUT2D eigenvalue weighted by Crippen LogP contribution is 2.27. The molecule has 3 heterocycles. The minimum atomic E-state index is -0.196. The molecular formula is C21H22Cl2N4O2. The number of aromatic nitrogens is 2. The number of piperidine rings is 1. The van der Waals surface area contributed by atoms with E-state index in [1.165, 1.54) is 19.3 Å². The van der Waals surface area contributed by atoms with Crippen LogP contribution in [0.1, 0.15) is 29.8 Å². The summed E-state index contributed by atoms with van der Waals surface area (Å²) in [4.78, 5) is 15.3. The zero-order chi connectivity index (χ0) is 20.2. The van der Waals surface area contributed by atoms with Crippen molar-refractivity contribution in [1.29, 1.82) is 0 Å². The van der Waals surface area contributed by atoms with Crippen LogP contribution in [0.3, 0.4) is 0 Å². The number of halogens is 2. The number of nitrogens with one attached hydrogen (secondary N) is 1. The van der Waals surface area contributed by atoms with Gasteiger partial charge in [0.05, 0.1) is 22.0 Å². The minimum absolute atomic E-state index is 0.196. The van der Waals surface area contributed by atoms with Crippen molar-refractivity contribution in [3.63, 3.8) is 0 Å². The summed E-state index contributed by atoms with van der Waals surface area (Å²) in [5.41, 5.74) is 1.63. The van der Waals surface area contributed by atoms with Gasteiger partial charge in [0.1, 0.15) is 11.4 Å². The van der Waals surface area contributed by atoms with Gasteiger partial charge in [-0.3, -0.25) is 4.79 Å². The van der Waals surface area contributed by atoms with Crippen LogP contribution in [0, 0.1) is 0 Å². The lowest BCUT2D eigenvalue weighted by molar-refractivity contribution is 0.0939. The molecule has 0 radical (unpaired) electrons. The topological polar surface area (TPSA) is 63.3 Å². The monoisotopic (exact) mass is 432 g/mol. The van der Waals surface area contributed by atoms with E-state index in [1.54, 1.807) is 47.3 Å². The van der Waals surface area contributed by atoms with Crippen molar-refractivity contribution in [2.75, 3.05) is 26.2 Å². The Labute approximate surface area is 179 Å². The second-order valence-electron chi connectivity index (χ2n) is 7.06. The number of amides is 1. The first-order valence-electron chi connectivity index (χ1n) is 9.72. The fourth-order valence-corrected chi connectivity index (χ4v) is 3.79. The molecule has 0 aliphatic carbocycles. The van der Waals surface area contributed by atoms with Crippen LogP contribution >= 0.6 is 23.2 Å². The van der Waals surface area contributed by atoms with Gasteiger partial charge in [0.25, 0.3) is 5.91 Å². The van der Waals surface area contributed by atoms with E-state index in [2.05, 4.69) is 15.3 Å². The number of rotatable bonds is 6. The lowest BCUT2D eigenvalue weighted by atomic mass is 10.1. The average Bonchev–Trinajstić information content (AvgIpc) is 3.40. The van der Waals surface area contributed by atoms with Gasteiger partial charge in [0.15, 0.2) is 5.76 Å². The molecule has 1 aromatic carbocycles. The predicted molar refractivity (Wildman–Crippen MR) is 114 cm³/mol. The zero-order valence-corrected chi connectivity index (χ0v) is 17.4. The van der Waals surface area contributed by atoms with Crippen LogP contribution in [-0.4, -0.2) is 46.8 Å². The van der Waals surface area contributed by atoms with Gasteiger partial charge in [-0.05, 0) is 56.3 Å². The maximum Gasteiger partial charge on any atom is 0.270 e. The SMILES string of the molecule is O=C(NCCN1CCCCC1)c1cc(-c2ccco2)nn1-c1ccc(Cl)c(Cl)c1. The van der Waals surface area contributed by atoms with Crippen LogP contribution in [0.25, 0.3) is 17.1 Å². The van der Waals surface area contributed by atoms with Crippen molar-refractivity contribution < 1.29 is 9.21 Å². The molecule has 1 N–H and O–H groups in total. The Morgan fingerprint density at radius 1 is 1.10 bits per heavy atom. The summed E-state index contributed by atoms with van der Waals surface area (Å²) in [6.45, 7) is 3.62. The summed E-state index contributed by atoms with van der Waals surface area (Å²) >= 11 is 12.2. The molecule has 1 aliphatic rings. The molecule has 0 saturated carbocycles. The molecule has 152 valence electrons. The standard InChI is InChI=1S/C21H22Cl2N4O2/c22-16-7-6-15(13-17(16)23)27-19(14-18(25-27)20-5-4-12-29-20)21(28)24-8-11-26-9-2-1-3-10-26/h4-7,12-14H,1-3,8-11H2,(H,24,28). The first-order chi connectivity index (χ1) is 14.1. The van der Waals surface area contributed by atoms with Gasteiger partial charge < -0.3 is 14.6 Å². The molecular weight excluding hydrogens is 411 g/mol. The van der Waals surface area contributed by atoms with Crippen molar-refractivity contribution in [1.82, 2.24) is 20.0 Å². The van der Waals surface area contributed by atoms with Gasteiger partial charge >= 0.3 is 0 Å². The second kappa shape index (κ2) is 9.03. The summed E-state index contributed by atoms with van der Waals surface area (Å²) < 4.78 is 7.01. The van der Waals surface area contributed by atoms with Crippen molar-refractivity contribution in [3.8, 4) is 17.1 Å². The average molecular weight is 433 g/mol. The molecule has 2 aromatic heterocycles. The van der Waals surface area contributed by atoms with Crippen LogP contribution < -0.4 is 5.32 Å². The van der Waals surface area contributed by atoms with Gasteiger partial charge in [-0.15, -0.1) is 0 Å². The smallest absolute Gasteiger partial charge is 0.270 e. The fraction of sp³-hybridized carbons (Fsp3) is 0.333. The van der Waals surface area contributed by atoms with Crippen LogP contribution in [0.5, 0.6) is 0 Å². The van der Waals surface area contributed by atoms with Crippen LogP contribution in [0.2, 0.25) is 10.0 Å². The Balaban J connectivity index is 1.56. The van der Waals surface area contributed by atoms with Gasteiger partial charge in [0.2, 0.25) is 0 Å². The lowest BCUT2D eigenvalue weighted by Gasteiger charge is -2.26. The normalized spacial score (nSPS) is 14.8. The molecule has 4 rings (SSSR count). The van der Waals surface area contributed by atoms with E-state index in [-0.39, 0.29) is 5.91 Å². The maximum atomic E-state index is 12.9. The van der Waals surface area contributed by atoms with Gasteiger partial charge in [-0.1, -0.05) is 29.6 Å². The summed E-state index contributed by atoms with van der Waals surface area (Å²) in [5.74, 6) is 0.393. The predicted octanol–water partition coefficient (Wildman–Crippen LogP) is 4.65. The van der Waals surface area contributed by atoms with Crippen LogP contribution in [0.15, 0.2) is 47.1 Å². The molecule has 3 aromatic rings. The molecule has 0 unspecified atom stereocenters. The first-order valence-corrected chi connectivity index (χ1v) is 10.5. The number of hydrogen-bond donors (Lipinski definition) is 1. The number of nitrogens with zero attached hydrogens (tertiary/aromatic N) is 3. The highest BCUT2D eigenvalue weighted by atomic mass is 35.5. The Morgan fingerprint density at radius 3 is 2.66 bits per heavy atom. The Morgan fingerprint density at radius 2 is 1.93 bits per heavy atom. The maximum absolute atomic E-state index is 12.9. The minimum Gasteiger partial charge on any atom is -0.463 e. The number of benzene rings is 1. The van der Waals surface area contributed by atoms with Crippen molar-refractivity contribution in [2.24, 2.45) is 0 Å². The van der Waals surface area contributed by atoms with Crippen molar-refractivity contribution in [3.05, 3.63) is 58.4 Å². The molecule has 0 bridgehead atoms.